The highest BCUT2D eigenvalue weighted by Gasteiger charge is 2.26. The largest absolute Gasteiger partial charge is 0.504 e. The number of benzene rings is 3. The van der Waals surface area contributed by atoms with Gasteiger partial charge in [0.2, 0.25) is 0 Å². The quantitative estimate of drug-likeness (QED) is 0.164. The summed E-state index contributed by atoms with van der Waals surface area (Å²) < 4.78 is 21.7. The molecule has 0 bridgehead atoms. The van der Waals surface area contributed by atoms with Crippen LogP contribution in [0.2, 0.25) is 0 Å². The van der Waals surface area contributed by atoms with Crippen LogP contribution in [0.5, 0.6) is 34.5 Å². The van der Waals surface area contributed by atoms with Crippen LogP contribution in [0.25, 0.3) is 0 Å². The van der Waals surface area contributed by atoms with Crippen molar-refractivity contribution in [2.45, 2.75) is 25.0 Å². The molecular formula is C30H38O10. The molecule has 0 aliphatic heterocycles. The van der Waals surface area contributed by atoms with E-state index in [-0.39, 0.29) is 42.3 Å². The van der Waals surface area contributed by atoms with Crippen LogP contribution in [-0.4, -0.2) is 77.9 Å². The van der Waals surface area contributed by atoms with Gasteiger partial charge in [-0.15, -0.1) is 0 Å². The van der Waals surface area contributed by atoms with Gasteiger partial charge in [0, 0.05) is 13.2 Å². The number of aliphatic hydroxyl groups is 4. The Kier molecular flexibility index (Phi) is 11.3. The minimum atomic E-state index is -1.23. The van der Waals surface area contributed by atoms with Crippen LogP contribution in [0.1, 0.15) is 22.8 Å². The molecule has 4 unspecified atom stereocenters. The van der Waals surface area contributed by atoms with Gasteiger partial charge in [-0.3, -0.25) is 0 Å². The fourth-order valence-electron chi connectivity index (χ4n) is 4.61. The Morgan fingerprint density at radius 1 is 0.600 bits per heavy atom. The van der Waals surface area contributed by atoms with E-state index < -0.39 is 18.8 Å². The molecule has 0 saturated heterocycles. The van der Waals surface area contributed by atoms with E-state index in [2.05, 4.69) is 0 Å². The molecule has 6 N–H and O–H groups in total. The number of phenolic OH excluding ortho intramolecular Hbond substituents is 2. The summed E-state index contributed by atoms with van der Waals surface area (Å²) >= 11 is 0. The smallest absolute Gasteiger partial charge is 0.161 e. The maximum absolute atomic E-state index is 10.8. The highest BCUT2D eigenvalue weighted by atomic mass is 16.5. The van der Waals surface area contributed by atoms with Gasteiger partial charge in [-0.05, 0) is 77.8 Å². The molecule has 0 saturated carbocycles. The van der Waals surface area contributed by atoms with Gasteiger partial charge in [-0.25, -0.2) is 0 Å². The van der Waals surface area contributed by atoms with Gasteiger partial charge in [0.1, 0.15) is 6.10 Å². The molecular weight excluding hydrogens is 520 g/mol. The third kappa shape index (κ3) is 7.48. The zero-order chi connectivity index (χ0) is 29.2. The Morgan fingerprint density at radius 3 is 1.62 bits per heavy atom. The zero-order valence-corrected chi connectivity index (χ0v) is 22.9. The summed E-state index contributed by atoms with van der Waals surface area (Å²) in [6.07, 6.45) is -1.37. The second-order valence-corrected chi connectivity index (χ2v) is 9.50. The van der Waals surface area contributed by atoms with Gasteiger partial charge in [0.05, 0.1) is 27.9 Å². The van der Waals surface area contributed by atoms with Crippen LogP contribution in [0.4, 0.5) is 0 Å². The number of hydrogen-bond acceptors (Lipinski definition) is 10. The van der Waals surface area contributed by atoms with E-state index in [1.54, 1.807) is 30.3 Å². The van der Waals surface area contributed by atoms with Crippen LogP contribution in [0.15, 0.2) is 54.6 Å². The SMILES string of the molecule is COc1cc(CC(CO)C(CO)Cc2ccc(OC(CO)C(O)c3ccc(O)c(OC)c3)c(OC)c2)ccc1O. The van der Waals surface area contributed by atoms with Crippen molar-refractivity contribution in [1.29, 1.82) is 0 Å². The van der Waals surface area contributed by atoms with Crippen molar-refractivity contribution in [1.82, 2.24) is 0 Å². The van der Waals surface area contributed by atoms with Crippen LogP contribution in [0.3, 0.4) is 0 Å². The van der Waals surface area contributed by atoms with E-state index >= 15 is 0 Å². The van der Waals surface area contributed by atoms with E-state index in [9.17, 15) is 30.6 Å². The fraction of sp³-hybridized carbons (Fsp3) is 0.400. The standard InChI is InChI=1S/C30H38O10/c1-37-26-12-18(4-7-23(26)34)10-21(15-31)22(16-32)11-19-5-9-25(28(13-19)39-3)40-29(17-33)30(36)20-6-8-24(35)27(14-20)38-2/h4-9,12-14,21-22,29-36H,10-11,15-17H2,1-3H3. The molecule has 0 spiro atoms. The van der Waals surface area contributed by atoms with Gasteiger partial charge in [-0.2, -0.15) is 0 Å². The van der Waals surface area contributed by atoms with Gasteiger partial charge in [0.25, 0.3) is 0 Å². The van der Waals surface area contributed by atoms with E-state index in [1.807, 2.05) is 0 Å². The van der Waals surface area contributed by atoms with Crippen LogP contribution in [0, 0.1) is 11.8 Å². The van der Waals surface area contributed by atoms with Crippen molar-refractivity contribution < 1.29 is 49.6 Å². The Morgan fingerprint density at radius 2 is 1.10 bits per heavy atom. The van der Waals surface area contributed by atoms with Crippen LogP contribution >= 0.6 is 0 Å². The molecule has 0 heterocycles. The Bertz CT molecular complexity index is 1230. The van der Waals surface area contributed by atoms with Crippen molar-refractivity contribution >= 4 is 0 Å². The molecule has 4 atom stereocenters. The second-order valence-electron chi connectivity index (χ2n) is 9.50. The van der Waals surface area contributed by atoms with Crippen LogP contribution < -0.4 is 18.9 Å². The molecule has 0 radical (unpaired) electrons. The van der Waals surface area contributed by atoms with E-state index in [0.717, 1.165) is 11.1 Å². The average Bonchev–Trinajstić information content (AvgIpc) is 2.98. The average molecular weight is 559 g/mol. The van der Waals surface area contributed by atoms with Crippen molar-refractivity contribution in [3.8, 4) is 34.5 Å². The highest BCUT2D eigenvalue weighted by molar-refractivity contribution is 5.45. The molecule has 40 heavy (non-hydrogen) atoms. The summed E-state index contributed by atoms with van der Waals surface area (Å²) in [6, 6.07) is 14.6. The normalized spacial score (nSPS) is 14.2. The lowest BCUT2D eigenvalue weighted by Gasteiger charge is -2.26. The number of ether oxygens (including phenoxy) is 4. The fourth-order valence-corrected chi connectivity index (χ4v) is 4.61. The van der Waals surface area contributed by atoms with Gasteiger partial charge >= 0.3 is 0 Å². The molecule has 3 aromatic rings. The first-order chi connectivity index (χ1) is 19.3. The predicted octanol–water partition coefficient (Wildman–Crippen LogP) is 2.60. The number of aliphatic hydroxyl groups excluding tert-OH is 4. The maximum atomic E-state index is 10.8. The Labute approximate surface area is 233 Å². The molecule has 10 nitrogen and oxygen atoms in total. The van der Waals surface area contributed by atoms with E-state index in [0.29, 0.717) is 35.7 Å². The second kappa shape index (κ2) is 14.6. The van der Waals surface area contributed by atoms with Crippen LogP contribution in [-0.2, 0) is 12.8 Å². The number of aromatic hydroxyl groups is 2. The van der Waals surface area contributed by atoms with Crippen molar-refractivity contribution in [2.24, 2.45) is 11.8 Å². The monoisotopic (exact) mass is 558 g/mol. The summed E-state index contributed by atoms with van der Waals surface area (Å²) in [5.74, 6) is 0.584. The van der Waals surface area contributed by atoms with E-state index in [4.69, 9.17) is 18.9 Å². The number of rotatable bonds is 15. The summed E-state index contributed by atoms with van der Waals surface area (Å²) in [5, 5.41) is 60.7. The van der Waals surface area contributed by atoms with Crippen molar-refractivity contribution in [3.63, 3.8) is 0 Å². The molecule has 3 aromatic carbocycles. The van der Waals surface area contributed by atoms with Gasteiger partial charge < -0.3 is 49.6 Å². The zero-order valence-electron chi connectivity index (χ0n) is 22.9. The summed E-state index contributed by atoms with van der Waals surface area (Å²) in [7, 11) is 4.33. The summed E-state index contributed by atoms with van der Waals surface area (Å²) in [5.41, 5.74) is 2.07. The first-order valence-corrected chi connectivity index (χ1v) is 12.8. The van der Waals surface area contributed by atoms with Crippen molar-refractivity contribution in [2.75, 3.05) is 41.2 Å². The molecule has 0 aliphatic carbocycles. The minimum absolute atomic E-state index is 0.0265. The Balaban J connectivity index is 1.75. The third-order valence-electron chi connectivity index (χ3n) is 6.96. The van der Waals surface area contributed by atoms with Gasteiger partial charge in [0.15, 0.2) is 40.6 Å². The lowest BCUT2D eigenvalue weighted by molar-refractivity contribution is -0.000531. The first-order valence-electron chi connectivity index (χ1n) is 12.8. The molecule has 0 aromatic heterocycles. The van der Waals surface area contributed by atoms with Gasteiger partial charge in [-0.1, -0.05) is 18.2 Å². The number of methoxy groups -OCH3 is 3. The number of hydrogen-bond donors (Lipinski definition) is 6. The molecule has 0 fully saturated rings. The predicted molar refractivity (Wildman–Crippen MR) is 147 cm³/mol. The molecule has 3 rings (SSSR count). The lowest BCUT2D eigenvalue weighted by Crippen LogP contribution is -2.29. The Hall–Kier alpha value is -3.70. The van der Waals surface area contributed by atoms with Crippen molar-refractivity contribution in [3.05, 3.63) is 71.3 Å². The maximum Gasteiger partial charge on any atom is 0.161 e. The lowest BCUT2D eigenvalue weighted by atomic mass is 9.83. The molecule has 10 heteroatoms. The topological polar surface area (TPSA) is 158 Å². The molecule has 218 valence electrons. The first kappa shape index (κ1) is 30.8. The highest BCUT2D eigenvalue weighted by Crippen LogP contribution is 2.35. The minimum Gasteiger partial charge on any atom is -0.504 e. The summed E-state index contributed by atoms with van der Waals surface area (Å²) in [4.78, 5) is 0. The third-order valence-corrected chi connectivity index (χ3v) is 6.96. The van der Waals surface area contributed by atoms with E-state index in [1.165, 1.54) is 45.6 Å². The molecule has 0 amide bonds. The summed E-state index contributed by atoms with van der Waals surface area (Å²) in [6.45, 7) is -0.803. The number of phenols is 2. The molecule has 0 aliphatic rings.